The first-order valence-electron chi connectivity index (χ1n) is 10.5. The number of benzene rings is 2. The quantitative estimate of drug-likeness (QED) is 0.511. The SMILES string of the molecule is CCOC(=O)C1=C(COC(=O)[C@H]2Cc3ccccc3C(=O)O2)NC(=O)N[C@H]1c1ccccc1. The molecule has 2 amide bonds. The van der Waals surface area contributed by atoms with Crippen molar-refractivity contribution in [3.63, 3.8) is 0 Å². The molecule has 2 N–H and O–H groups in total. The van der Waals surface area contributed by atoms with Crippen LogP contribution in [0.15, 0.2) is 65.9 Å². The highest BCUT2D eigenvalue weighted by Crippen LogP contribution is 2.28. The number of fused-ring (bicyclic) bond motifs is 1. The Hall–Kier alpha value is -4.14. The van der Waals surface area contributed by atoms with Gasteiger partial charge >= 0.3 is 23.9 Å². The number of carbonyl (C=O) groups is 4. The molecule has 9 heteroatoms. The molecule has 0 radical (unpaired) electrons. The zero-order valence-corrected chi connectivity index (χ0v) is 17.8. The normalized spacial score (nSPS) is 19.5. The lowest BCUT2D eigenvalue weighted by molar-refractivity contribution is -0.153. The zero-order chi connectivity index (χ0) is 23.4. The van der Waals surface area contributed by atoms with Crippen LogP contribution in [0.4, 0.5) is 4.79 Å². The molecule has 9 nitrogen and oxygen atoms in total. The molecule has 0 unspecified atom stereocenters. The van der Waals surface area contributed by atoms with Gasteiger partial charge in [0.2, 0.25) is 6.10 Å². The molecule has 0 saturated carbocycles. The van der Waals surface area contributed by atoms with E-state index in [0.29, 0.717) is 16.7 Å². The predicted molar refractivity (Wildman–Crippen MR) is 115 cm³/mol. The van der Waals surface area contributed by atoms with Crippen molar-refractivity contribution in [2.75, 3.05) is 13.2 Å². The predicted octanol–water partition coefficient (Wildman–Crippen LogP) is 2.18. The van der Waals surface area contributed by atoms with Gasteiger partial charge in [-0.1, -0.05) is 48.5 Å². The van der Waals surface area contributed by atoms with Crippen molar-refractivity contribution in [2.24, 2.45) is 0 Å². The van der Waals surface area contributed by atoms with Gasteiger partial charge in [0.25, 0.3) is 0 Å². The largest absolute Gasteiger partial charge is 0.463 e. The van der Waals surface area contributed by atoms with Crippen LogP contribution < -0.4 is 10.6 Å². The summed E-state index contributed by atoms with van der Waals surface area (Å²) in [6.07, 6.45) is -0.952. The molecule has 2 aliphatic rings. The maximum atomic E-state index is 12.7. The molecule has 0 saturated heterocycles. The fourth-order valence-electron chi connectivity index (χ4n) is 3.78. The second kappa shape index (κ2) is 9.56. The molecule has 2 atom stereocenters. The van der Waals surface area contributed by atoms with Crippen LogP contribution in [-0.2, 0) is 30.2 Å². The molecule has 2 heterocycles. The molecule has 4 rings (SSSR count). The van der Waals surface area contributed by atoms with Gasteiger partial charge in [0.15, 0.2) is 0 Å². The lowest BCUT2D eigenvalue weighted by Gasteiger charge is -2.29. The van der Waals surface area contributed by atoms with Crippen LogP contribution in [0.25, 0.3) is 0 Å². The highest BCUT2D eigenvalue weighted by Gasteiger charge is 2.36. The number of hydrogen-bond donors (Lipinski definition) is 2. The van der Waals surface area contributed by atoms with Gasteiger partial charge in [-0.05, 0) is 24.1 Å². The molecular formula is C24H22N2O7. The second-order valence-corrected chi connectivity index (χ2v) is 7.42. The van der Waals surface area contributed by atoms with Crippen molar-refractivity contribution in [1.29, 1.82) is 0 Å². The van der Waals surface area contributed by atoms with Crippen LogP contribution in [-0.4, -0.2) is 43.3 Å². The first-order chi connectivity index (χ1) is 16.0. The van der Waals surface area contributed by atoms with E-state index in [4.69, 9.17) is 14.2 Å². The Balaban J connectivity index is 1.56. The third-order valence-corrected chi connectivity index (χ3v) is 5.30. The Morgan fingerprint density at radius 3 is 2.52 bits per heavy atom. The molecule has 2 aromatic carbocycles. The summed E-state index contributed by atoms with van der Waals surface area (Å²) in [6, 6.07) is 14.4. The Morgan fingerprint density at radius 1 is 1.03 bits per heavy atom. The second-order valence-electron chi connectivity index (χ2n) is 7.42. The van der Waals surface area contributed by atoms with Gasteiger partial charge in [-0.25, -0.2) is 19.2 Å². The fraction of sp³-hybridized carbons (Fsp3) is 0.250. The number of ether oxygens (including phenoxy) is 3. The Kier molecular flexibility index (Phi) is 6.39. The van der Waals surface area contributed by atoms with Crippen LogP contribution >= 0.6 is 0 Å². The smallest absolute Gasteiger partial charge is 0.348 e. The summed E-state index contributed by atoms with van der Waals surface area (Å²) in [6.45, 7) is 1.39. The topological polar surface area (TPSA) is 120 Å². The third kappa shape index (κ3) is 4.72. The molecular weight excluding hydrogens is 428 g/mol. The van der Waals surface area contributed by atoms with Crippen LogP contribution in [0, 0.1) is 0 Å². The number of nitrogens with one attached hydrogen (secondary N) is 2. The molecule has 33 heavy (non-hydrogen) atoms. The van der Waals surface area contributed by atoms with Crippen molar-refractivity contribution in [1.82, 2.24) is 10.6 Å². The molecule has 0 spiro atoms. The van der Waals surface area contributed by atoms with E-state index < -0.39 is 42.7 Å². The van der Waals surface area contributed by atoms with E-state index in [1.807, 2.05) is 6.07 Å². The highest BCUT2D eigenvalue weighted by molar-refractivity contribution is 5.96. The summed E-state index contributed by atoms with van der Waals surface area (Å²) in [7, 11) is 0. The molecule has 170 valence electrons. The van der Waals surface area contributed by atoms with Crippen LogP contribution in [0.5, 0.6) is 0 Å². The highest BCUT2D eigenvalue weighted by atomic mass is 16.6. The minimum atomic E-state index is -1.12. The third-order valence-electron chi connectivity index (χ3n) is 5.30. The average Bonchev–Trinajstić information content (AvgIpc) is 2.82. The monoisotopic (exact) mass is 450 g/mol. The van der Waals surface area contributed by atoms with Crippen LogP contribution in [0.2, 0.25) is 0 Å². The van der Waals surface area contributed by atoms with E-state index in [1.165, 1.54) is 0 Å². The Labute approximate surface area is 189 Å². The van der Waals surface area contributed by atoms with Crippen molar-refractivity contribution in [3.8, 4) is 0 Å². The molecule has 0 aliphatic carbocycles. The maximum absolute atomic E-state index is 12.7. The van der Waals surface area contributed by atoms with Crippen molar-refractivity contribution in [3.05, 3.63) is 82.6 Å². The minimum absolute atomic E-state index is 0.0990. The first-order valence-corrected chi connectivity index (χ1v) is 10.5. The minimum Gasteiger partial charge on any atom is -0.463 e. The standard InChI is InChI=1S/C24H22N2O7/c1-2-31-23(29)19-17(25-24(30)26-20(19)14-8-4-3-5-9-14)13-32-22(28)18-12-15-10-6-7-11-16(15)21(27)33-18/h3-11,18,20H,2,12-13H2,1H3,(H2,25,26,30)/t18-,20+/m1/s1. The number of hydrogen-bond acceptors (Lipinski definition) is 7. The molecule has 0 bridgehead atoms. The summed E-state index contributed by atoms with van der Waals surface area (Å²) in [5.41, 5.74) is 1.98. The van der Waals surface area contributed by atoms with Gasteiger partial charge < -0.3 is 24.8 Å². The molecule has 0 aromatic heterocycles. The van der Waals surface area contributed by atoms with Gasteiger partial charge in [0, 0.05) is 6.42 Å². The van der Waals surface area contributed by atoms with E-state index in [2.05, 4.69) is 10.6 Å². The number of rotatable bonds is 6. The Bertz CT molecular complexity index is 1130. The first kappa shape index (κ1) is 22.1. The summed E-state index contributed by atoms with van der Waals surface area (Å²) in [5, 5.41) is 5.23. The maximum Gasteiger partial charge on any atom is 0.348 e. The number of urea groups is 1. The van der Waals surface area contributed by atoms with Gasteiger partial charge in [-0.3, -0.25) is 0 Å². The number of carbonyl (C=O) groups excluding carboxylic acids is 4. The summed E-state index contributed by atoms with van der Waals surface area (Å²) >= 11 is 0. The van der Waals surface area contributed by atoms with Gasteiger partial charge in [0.1, 0.15) is 6.61 Å². The molecule has 0 fully saturated rings. The number of cyclic esters (lactones) is 1. The molecule has 2 aliphatic heterocycles. The van der Waals surface area contributed by atoms with E-state index in [1.54, 1.807) is 55.5 Å². The van der Waals surface area contributed by atoms with E-state index >= 15 is 0 Å². The van der Waals surface area contributed by atoms with Gasteiger partial charge in [0.05, 0.1) is 29.5 Å². The van der Waals surface area contributed by atoms with Crippen molar-refractivity contribution in [2.45, 2.75) is 25.5 Å². The van der Waals surface area contributed by atoms with E-state index in [9.17, 15) is 19.2 Å². The van der Waals surface area contributed by atoms with E-state index in [-0.39, 0.29) is 24.3 Å². The lowest BCUT2D eigenvalue weighted by atomic mass is 9.95. The summed E-state index contributed by atoms with van der Waals surface area (Å²) < 4.78 is 15.7. The van der Waals surface area contributed by atoms with Gasteiger partial charge in [-0.15, -0.1) is 0 Å². The fourth-order valence-corrected chi connectivity index (χ4v) is 3.78. The Morgan fingerprint density at radius 2 is 1.76 bits per heavy atom. The van der Waals surface area contributed by atoms with Crippen molar-refractivity contribution >= 4 is 23.9 Å². The average molecular weight is 450 g/mol. The lowest BCUT2D eigenvalue weighted by Crippen LogP contribution is -2.47. The van der Waals surface area contributed by atoms with Crippen LogP contribution in [0.1, 0.15) is 34.5 Å². The summed E-state index contributed by atoms with van der Waals surface area (Å²) in [5.74, 6) is -2.04. The van der Waals surface area contributed by atoms with Crippen molar-refractivity contribution < 1.29 is 33.4 Å². The van der Waals surface area contributed by atoms with Gasteiger partial charge in [-0.2, -0.15) is 0 Å². The van der Waals surface area contributed by atoms with Crippen LogP contribution in [0.3, 0.4) is 0 Å². The molecule has 2 aromatic rings. The van der Waals surface area contributed by atoms with E-state index in [0.717, 1.165) is 0 Å². The zero-order valence-electron chi connectivity index (χ0n) is 17.8. The summed E-state index contributed by atoms with van der Waals surface area (Å²) in [4.78, 5) is 49.9. The number of esters is 3. The number of amides is 2.